The molecule has 21 heavy (non-hydrogen) atoms. The van der Waals surface area contributed by atoms with Crippen LogP contribution in [0.4, 0.5) is 5.69 Å². The Hall–Kier alpha value is -2.40. The average molecular weight is 286 g/mol. The van der Waals surface area contributed by atoms with Gasteiger partial charge < -0.3 is 10.5 Å². The minimum atomic E-state index is -0.412. The van der Waals surface area contributed by atoms with Crippen molar-refractivity contribution in [3.63, 3.8) is 0 Å². The van der Waals surface area contributed by atoms with Crippen molar-refractivity contribution in [1.82, 2.24) is 0 Å². The number of non-ortho nitro benzene ring substituents is 1. The molecule has 0 saturated heterocycles. The third-order valence-electron chi connectivity index (χ3n) is 3.27. The van der Waals surface area contributed by atoms with Crippen molar-refractivity contribution in [2.24, 2.45) is 5.73 Å². The van der Waals surface area contributed by atoms with Gasteiger partial charge in [-0.25, -0.2) is 0 Å². The van der Waals surface area contributed by atoms with Crippen molar-refractivity contribution in [1.29, 1.82) is 0 Å². The summed E-state index contributed by atoms with van der Waals surface area (Å²) in [5.74, 6) is 0.721. The Bertz CT molecular complexity index is 628. The lowest BCUT2D eigenvalue weighted by Crippen LogP contribution is -2.10. The first-order valence-electron chi connectivity index (χ1n) is 6.82. The van der Waals surface area contributed by atoms with Crippen LogP contribution in [0.15, 0.2) is 48.5 Å². The molecule has 2 N–H and O–H groups in total. The van der Waals surface area contributed by atoms with Crippen molar-refractivity contribution in [3.8, 4) is 5.75 Å². The van der Waals surface area contributed by atoms with Crippen molar-refractivity contribution in [2.75, 3.05) is 0 Å². The molecule has 2 rings (SSSR count). The van der Waals surface area contributed by atoms with Gasteiger partial charge in [0.05, 0.1) is 4.92 Å². The number of nitrogens with two attached hydrogens (primary N) is 1. The van der Waals surface area contributed by atoms with E-state index in [1.807, 2.05) is 31.2 Å². The fraction of sp³-hybridized carbons (Fsp3) is 0.250. The monoisotopic (exact) mass is 286 g/mol. The summed E-state index contributed by atoms with van der Waals surface area (Å²) in [6.45, 7) is 2.29. The fourth-order valence-electron chi connectivity index (χ4n) is 2.06. The number of ether oxygens (including phenoxy) is 1. The Morgan fingerprint density at radius 2 is 2.00 bits per heavy atom. The van der Waals surface area contributed by atoms with Crippen molar-refractivity contribution in [2.45, 2.75) is 26.0 Å². The van der Waals surface area contributed by atoms with Gasteiger partial charge in [-0.1, -0.05) is 37.3 Å². The van der Waals surface area contributed by atoms with E-state index in [0.717, 1.165) is 23.3 Å². The molecule has 0 aliphatic heterocycles. The molecule has 0 unspecified atom stereocenters. The minimum absolute atomic E-state index is 0.0645. The zero-order valence-electron chi connectivity index (χ0n) is 11.9. The lowest BCUT2D eigenvalue weighted by Gasteiger charge is -2.15. The second-order valence-corrected chi connectivity index (χ2v) is 4.77. The molecule has 0 bridgehead atoms. The normalized spacial score (nSPS) is 11.9. The van der Waals surface area contributed by atoms with Crippen molar-refractivity contribution < 1.29 is 9.66 Å². The Balaban J connectivity index is 2.13. The van der Waals surface area contributed by atoms with E-state index < -0.39 is 4.92 Å². The first kappa shape index (κ1) is 15.0. The number of benzene rings is 2. The molecule has 110 valence electrons. The molecule has 0 saturated carbocycles. The molecule has 0 spiro atoms. The summed E-state index contributed by atoms with van der Waals surface area (Å²) in [4.78, 5) is 10.3. The fourth-order valence-corrected chi connectivity index (χ4v) is 2.06. The van der Waals surface area contributed by atoms with Crippen LogP contribution in [-0.2, 0) is 6.61 Å². The Morgan fingerprint density at radius 1 is 1.24 bits per heavy atom. The molecule has 0 fully saturated rings. The maximum Gasteiger partial charge on any atom is 0.269 e. The highest BCUT2D eigenvalue weighted by molar-refractivity contribution is 5.37. The van der Waals surface area contributed by atoms with Crippen molar-refractivity contribution >= 4 is 5.69 Å². The summed E-state index contributed by atoms with van der Waals surface area (Å²) in [6.07, 6.45) is 0.817. The van der Waals surface area contributed by atoms with E-state index in [2.05, 4.69) is 0 Å². The maximum atomic E-state index is 10.8. The van der Waals surface area contributed by atoms with Crippen LogP contribution in [-0.4, -0.2) is 4.92 Å². The Labute approximate surface area is 123 Å². The van der Waals surface area contributed by atoms with Gasteiger partial charge in [-0.3, -0.25) is 10.1 Å². The number of nitro benzene ring substituents is 1. The largest absolute Gasteiger partial charge is 0.489 e. The highest BCUT2D eigenvalue weighted by Gasteiger charge is 2.11. The van der Waals surface area contributed by atoms with Crippen LogP contribution in [0.25, 0.3) is 0 Å². The summed E-state index contributed by atoms with van der Waals surface area (Å²) >= 11 is 0. The number of nitro groups is 1. The number of hydrogen-bond donors (Lipinski definition) is 1. The summed E-state index contributed by atoms with van der Waals surface area (Å²) < 4.78 is 5.78. The summed E-state index contributed by atoms with van der Waals surface area (Å²) in [5.41, 5.74) is 7.83. The molecule has 2 aromatic carbocycles. The lowest BCUT2D eigenvalue weighted by atomic mass is 10.0. The predicted molar refractivity (Wildman–Crippen MR) is 81.1 cm³/mol. The SMILES string of the molecule is CC[C@@H](N)c1ccccc1OCc1cccc([N+](=O)[O-])c1. The molecule has 2 aromatic rings. The minimum Gasteiger partial charge on any atom is -0.489 e. The number of hydrogen-bond acceptors (Lipinski definition) is 4. The van der Waals surface area contributed by atoms with Gasteiger partial charge in [0.1, 0.15) is 12.4 Å². The summed E-state index contributed by atoms with van der Waals surface area (Å²) in [7, 11) is 0. The standard InChI is InChI=1S/C16H18N2O3/c1-2-15(17)14-8-3-4-9-16(14)21-11-12-6-5-7-13(10-12)18(19)20/h3-10,15H,2,11,17H2,1H3/t15-/m1/s1. The predicted octanol–water partition coefficient (Wildman–Crippen LogP) is 3.58. The van der Waals surface area contributed by atoms with Gasteiger partial charge in [-0.15, -0.1) is 0 Å². The van der Waals surface area contributed by atoms with Crippen LogP contribution in [0.1, 0.15) is 30.5 Å². The van der Waals surface area contributed by atoms with Gasteiger partial charge in [0.15, 0.2) is 0 Å². The van der Waals surface area contributed by atoms with Gasteiger partial charge in [0, 0.05) is 23.7 Å². The van der Waals surface area contributed by atoms with E-state index in [1.165, 1.54) is 12.1 Å². The average Bonchev–Trinajstić information content (AvgIpc) is 2.52. The van der Waals surface area contributed by atoms with E-state index >= 15 is 0 Å². The van der Waals surface area contributed by atoms with E-state index in [-0.39, 0.29) is 18.3 Å². The van der Waals surface area contributed by atoms with Crippen LogP contribution >= 0.6 is 0 Å². The molecular formula is C16H18N2O3. The second-order valence-electron chi connectivity index (χ2n) is 4.77. The first-order valence-corrected chi connectivity index (χ1v) is 6.82. The number of para-hydroxylation sites is 1. The van der Waals surface area contributed by atoms with E-state index in [1.54, 1.807) is 12.1 Å². The number of rotatable bonds is 6. The molecule has 1 atom stereocenters. The highest BCUT2D eigenvalue weighted by atomic mass is 16.6. The van der Waals surface area contributed by atoms with E-state index in [0.29, 0.717) is 0 Å². The van der Waals surface area contributed by atoms with Gasteiger partial charge in [-0.2, -0.15) is 0 Å². The van der Waals surface area contributed by atoms with Crippen molar-refractivity contribution in [3.05, 3.63) is 69.8 Å². The molecule has 0 heterocycles. The Kier molecular flexibility index (Phi) is 4.90. The van der Waals surface area contributed by atoms with Gasteiger partial charge in [0.2, 0.25) is 0 Å². The molecule has 0 amide bonds. The summed E-state index contributed by atoms with van der Waals surface area (Å²) in [5, 5.41) is 10.8. The topological polar surface area (TPSA) is 78.4 Å². The van der Waals surface area contributed by atoms with E-state index in [4.69, 9.17) is 10.5 Å². The second kappa shape index (κ2) is 6.85. The zero-order chi connectivity index (χ0) is 15.2. The van der Waals surface area contributed by atoms with Gasteiger partial charge in [-0.05, 0) is 18.1 Å². The van der Waals surface area contributed by atoms with Crippen LogP contribution in [0.3, 0.4) is 0 Å². The van der Waals surface area contributed by atoms with Crippen LogP contribution in [0.5, 0.6) is 5.75 Å². The zero-order valence-corrected chi connectivity index (χ0v) is 11.9. The molecule has 5 heteroatoms. The van der Waals surface area contributed by atoms with Crippen LogP contribution in [0.2, 0.25) is 0 Å². The molecule has 0 aromatic heterocycles. The molecule has 5 nitrogen and oxygen atoms in total. The Morgan fingerprint density at radius 3 is 2.71 bits per heavy atom. The maximum absolute atomic E-state index is 10.8. The summed E-state index contributed by atoms with van der Waals surface area (Å²) in [6, 6.07) is 14.0. The van der Waals surface area contributed by atoms with Gasteiger partial charge in [0.25, 0.3) is 5.69 Å². The van der Waals surface area contributed by atoms with Crippen LogP contribution in [0, 0.1) is 10.1 Å². The smallest absolute Gasteiger partial charge is 0.269 e. The molecule has 0 aliphatic carbocycles. The van der Waals surface area contributed by atoms with E-state index in [9.17, 15) is 10.1 Å². The molecule has 0 aliphatic rings. The quantitative estimate of drug-likeness (QED) is 0.650. The number of nitrogens with zero attached hydrogens (tertiary/aromatic N) is 1. The molecule has 0 radical (unpaired) electrons. The van der Waals surface area contributed by atoms with Gasteiger partial charge >= 0.3 is 0 Å². The van der Waals surface area contributed by atoms with Crippen LogP contribution < -0.4 is 10.5 Å². The first-order chi connectivity index (χ1) is 10.1. The lowest BCUT2D eigenvalue weighted by molar-refractivity contribution is -0.384. The third-order valence-corrected chi connectivity index (χ3v) is 3.27. The highest BCUT2D eigenvalue weighted by Crippen LogP contribution is 2.26. The third kappa shape index (κ3) is 3.79. The molecular weight excluding hydrogens is 268 g/mol.